The van der Waals surface area contributed by atoms with Crippen molar-refractivity contribution in [1.82, 2.24) is 9.97 Å². The standard InChI is InChI=1S/C22H16N6S2/c1-2-6-16-15(5-1)19(13-25-27-21-23-9-11-29-21)17-7-3-4-8-18(17)20(16)14-26-28-22-24-10-12-30-22/h1-14H,(H,23,27)(H,24,28)/b25-13+,26-14+. The second kappa shape index (κ2) is 8.40. The van der Waals surface area contributed by atoms with Gasteiger partial charge in [-0.2, -0.15) is 10.2 Å². The molecule has 5 rings (SSSR count). The maximum Gasteiger partial charge on any atom is 0.203 e. The quantitative estimate of drug-likeness (QED) is 0.204. The van der Waals surface area contributed by atoms with E-state index in [9.17, 15) is 0 Å². The molecule has 0 fully saturated rings. The minimum Gasteiger partial charge on any atom is -0.253 e. The van der Waals surface area contributed by atoms with Gasteiger partial charge >= 0.3 is 0 Å². The van der Waals surface area contributed by atoms with Crippen LogP contribution in [0.1, 0.15) is 11.1 Å². The zero-order chi connectivity index (χ0) is 20.2. The van der Waals surface area contributed by atoms with Crippen molar-refractivity contribution in [2.24, 2.45) is 10.2 Å². The summed E-state index contributed by atoms with van der Waals surface area (Å²) >= 11 is 3.02. The highest BCUT2D eigenvalue weighted by molar-refractivity contribution is 7.13. The highest BCUT2D eigenvalue weighted by Gasteiger charge is 2.11. The van der Waals surface area contributed by atoms with E-state index in [1.165, 1.54) is 22.7 Å². The summed E-state index contributed by atoms with van der Waals surface area (Å²) in [5.74, 6) is 0. The zero-order valence-corrected chi connectivity index (χ0v) is 17.3. The predicted octanol–water partition coefficient (Wildman–Crippen LogP) is 5.80. The number of anilines is 2. The summed E-state index contributed by atoms with van der Waals surface area (Å²) in [5, 5.41) is 18.6. The number of benzene rings is 3. The Morgan fingerprint density at radius 2 is 1.03 bits per heavy atom. The second-order valence-electron chi connectivity index (χ2n) is 6.33. The van der Waals surface area contributed by atoms with E-state index < -0.39 is 0 Å². The van der Waals surface area contributed by atoms with Crippen molar-refractivity contribution in [2.45, 2.75) is 0 Å². The van der Waals surface area contributed by atoms with Crippen LogP contribution in [-0.2, 0) is 0 Å². The number of rotatable bonds is 6. The number of hydrazone groups is 2. The van der Waals surface area contributed by atoms with Gasteiger partial charge in [-0.25, -0.2) is 9.97 Å². The molecule has 0 saturated carbocycles. The van der Waals surface area contributed by atoms with Crippen molar-refractivity contribution in [1.29, 1.82) is 0 Å². The van der Waals surface area contributed by atoms with Gasteiger partial charge in [0.2, 0.25) is 10.3 Å². The molecule has 0 radical (unpaired) electrons. The molecule has 5 aromatic rings. The molecule has 0 saturated heterocycles. The van der Waals surface area contributed by atoms with Crippen LogP contribution in [0.25, 0.3) is 21.5 Å². The minimum atomic E-state index is 0.761. The Kier molecular flexibility index (Phi) is 5.15. The van der Waals surface area contributed by atoms with Gasteiger partial charge in [0.25, 0.3) is 0 Å². The van der Waals surface area contributed by atoms with Crippen LogP contribution in [0, 0.1) is 0 Å². The maximum atomic E-state index is 4.43. The maximum absolute atomic E-state index is 4.43. The normalized spacial score (nSPS) is 11.7. The highest BCUT2D eigenvalue weighted by Crippen LogP contribution is 2.31. The van der Waals surface area contributed by atoms with Crippen LogP contribution in [0.5, 0.6) is 0 Å². The topological polar surface area (TPSA) is 74.6 Å². The summed E-state index contributed by atoms with van der Waals surface area (Å²) in [6, 6.07) is 16.6. The van der Waals surface area contributed by atoms with Gasteiger partial charge in [-0.05, 0) is 21.5 Å². The molecular formula is C22H16N6S2. The molecule has 0 aliphatic heterocycles. The van der Waals surface area contributed by atoms with Gasteiger partial charge in [-0.15, -0.1) is 22.7 Å². The lowest BCUT2D eigenvalue weighted by Crippen LogP contribution is -1.97. The van der Waals surface area contributed by atoms with Crippen molar-refractivity contribution < 1.29 is 0 Å². The van der Waals surface area contributed by atoms with Crippen LogP contribution in [0.15, 0.2) is 81.9 Å². The van der Waals surface area contributed by atoms with E-state index in [-0.39, 0.29) is 0 Å². The predicted molar refractivity (Wildman–Crippen MR) is 128 cm³/mol. The van der Waals surface area contributed by atoms with E-state index in [1.807, 2.05) is 47.5 Å². The summed E-state index contributed by atoms with van der Waals surface area (Å²) in [6.45, 7) is 0. The Morgan fingerprint density at radius 3 is 1.37 bits per heavy atom. The largest absolute Gasteiger partial charge is 0.253 e. The van der Waals surface area contributed by atoms with Crippen molar-refractivity contribution in [3.05, 3.63) is 82.8 Å². The number of thiazole rings is 2. The molecule has 3 aromatic carbocycles. The zero-order valence-electron chi connectivity index (χ0n) is 15.7. The third-order valence-corrected chi connectivity index (χ3v) is 5.94. The second-order valence-corrected chi connectivity index (χ2v) is 8.12. The first-order valence-corrected chi connectivity index (χ1v) is 11.0. The minimum absolute atomic E-state index is 0.761. The SMILES string of the molecule is C(=N\Nc1nccs1)/c1c2ccccc2c(/C=N/Nc2nccs2)c2ccccc12. The molecule has 146 valence electrons. The lowest BCUT2D eigenvalue weighted by Gasteiger charge is -2.12. The van der Waals surface area contributed by atoms with E-state index in [4.69, 9.17) is 0 Å². The molecule has 0 unspecified atom stereocenters. The third-order valence-electron chi connectivity index (χ3n) is 4.59. The van der Waals surface area contributed by atoms with Crippen LogP contribution in [0.4, 0.5) is 10.3 Å². The first-order valence-electron chi connectivity index (χ1n) is 9.21. The smallest absolute Gasteiger partial charge is 0.203 e. The Labute approximate surface area is 180 Å². The van der Waals surface area contributed by atoms with Crippen LogP contribution >= 0.6 is 22.7 Å². The molecule has 2 heterocycles. The van der Waals surface area contributed by atoms with E-state index >= 15 is 0 Å². The first-order chi connectivity index (χ1) is 14.9. The van der Waals surface area contributed by atoms with Crippen LogP contribution in [-0.4, -0.2) is 22.4 Å². The van der Waals surface area contributed by atoms with Crippen molar-refractivity contribution in [2.75, 3.05) is 10.9 Å². The molecule has 0 bridgehead atoms. The van der Waals surface area contributed by atoms with Gasteiger partial charge in [-0.1, -0.05) is 48.5 Å². The van der Waals surface area contributed by atoms with Gasteiger partial charge in [0.05, 0.1) is 12.4 Å². The average molecular weight is 429 g/mol. The van der Waals surface area contributed by atoms with Crippen molar-refractivity contribution in [3.63, 3.8) is 0 Å². The van der Waals surface area contributed by atoms with Gasteiger partial charge < -0.3 is 0 Å². The van der Waals surface area contributed by atoms with E-state index in [0.29, 0.717) is 0 Å². The van der Waals surface area contributed by atoms with Crippen molar-refractivity contribution in [3.8, 4) is 0 Å². The fraction of sp³-hybridized carbons (Fsp3) is 0. The van der Waals surface area contributed by atoms with Gasteiger partial charge in [0.1, 0.15) is 0 Å². The van der Waals surface area contributed by atoms with E-state index in [2.05, 4.69) is 55.3 Å². The van der Waals surface area contributed by atoms with Crippen LogP contribution in [0.3, 0.4) is 0 Å². The number of hydrogen-bond donors (Lipinski definition) is 2. The summed E-state index contributed by atoms with van der Waals surface area (Å²) < 4.78 is 0. The first kappa shape index (κ1) is 18.4. The van der Waals surface area contributed by atoms with Gasteiger partial charge in [-0.3, -0.25) is 10.9 Å². The average Bonchev–Trinajstić information content (AvgIpc) is 3.49. The van der Waals surface area contributed by atoms with Crippen LogP contribution < -0.4 is 10.9 Å². The number of hydrogen-bond acceptors (Lipinski definition) is 8. The third kappa shape index (κ3) is 3.66. The molecule has 0 aliphatic rings. The molecule has 0 spiro atoms. The van der Waals surface area contributed by atoms with Crippen molar-refractivity contribution >= 4 is 66.9 Å². The van der Waals surface area contributed by atoms with Crippen LogP contribution in [0.2, 0.25) is 0 Å². The number of nitrogens with zero attached hydrogens (tertiary/aromatic N) is 4. The molecular weight excluding hydrogens is 412 g/mol. The molecule has 2 N–H and O–H groups in total. The summed E-state index contributed by atoms with van der Waals surface area (Å²) in [5.41, 5.74) is 8.11. The van der Waals surface area contributed by atoms with E-state index in [0.717, 1.165) is 42.9 Å². The Hall–Kier alpha value is -3.62. The molecule has 8 heteroatoms. The lowest BCUT2D eigenvalue weighted by atomic mass is 9.92. The molecule has 0 amide bonds. The van der Waals surface area contributed by atoms with Gasteiger partial charge in [0, 0.05) is 34.3 Å². The Bertz CT molecular complexity index is 1180. The Balaban J connectivity index is 1.62. The fourth-order valence-corrected chi connectivity index (χ4v) is 4.29. The monoisotopic (exact) mass is 428 g/mol. The molecule has 0 atom stereocenters. The fourth-order valence-electron chi connectivity index (χ4n) is 3.34. The summed E-state index contributed by atoms with van der Waals surface area (Å²) in [4.78, 5) is 8.41. The molecule has 2 aromatic heterocycles. The Morgan fingerprint density at radius 1 is 0.633 bits per heavy atom. The number of aromatic nitrogens is 2. The lowest BCUT2D eigenvalue weighted by molar-refractivity contribution is 1.29. The number of fused-ring (bicyclic) bond motifs is 2. The van der Waals surface area contributed by atoms with E-state index in [1.54, 1.807) is 12.4 Å². The molecule has 30 heavy (non-hydrogen) atoms. The molecule has 0 aliphatic carbocycles. The summed E-state index contributed by atoms with van der Waals surface area (Å²) in [7, 11) is 0. The summed E-state index contributed by atoms with van der Waals surface area (Å²) in [6.07, 6.45) is 7.23. The number of nitrogens with one attached hydrogen (secondary N) is 2. The highest BCUT2D eigenvalue weighted by atomic mass is 32.1. The van der Waals surface area contributed by atoms with Gasteiger partial charge in [0.15, 0.2) is 0 Å². The molecule has 6 nitrogen and oxygen atoms in total.